The van der Waals surface area contributed by atoms with Crippen molar-refractivity contribution in [2.45, 2.75) is 46.1 Å². The molecule has 0 radical (unpaired) electrons. The first-order valence-corrected chi connectivity index (χ1v) is 4.95. The molecule has 3 heteroatoms. The Bertz CT molecular complexity index is 294. The van der Waals surface area contributed by atoms with Gasteiger partial charge in [0.15, 0.2) is 0 Å². The van der Waals surface area contributed by atoms with Crippen LogP contribution in [0.3, 0.4) is 0 Å². The summed E-state index contributed by atoms with van der Waals surface area (Å²) in [6.07, 6.45) is 1.90. The molecule has 0 aliphatic carbocycles. The summed E-state index contributed by atoms with van der Waals surface area (Å²) in [6.45, 7) is 10.5. The van der Waals surface area contributed by atoms with Crippen LogP contribution < -0.4 is 0 Å². The minimum absolute atomic E-state index is 0.0250. The summed E-state index contributed by atoms with van der Waals surface area (Å²) in [5.74, 6) is 0. The lowest BCUT2D eigenvalue weighted by atomic mass is 9.93. The third-order valence-corrected chi connectivity index (χ3v) is 2.20. The van der Waals surface area contributed by atoms with Gasteiger partial charge in [-0.05, 0) is 13.8 Å². The van der Waals surface area contributed by atoms with E-state index in [1.165, 1.54) is 0 Å². The van der Waals surface area contributed by atoms with Gasteiger partial charge in [-0.3, -0.25) is 4.68 Å². The van der Waals surface area contributed by atoms with Gasteiger partial charge in [-0.2, -0.15) is 5.10 Å². The topological polar surface area (TPSA) is 17.8 Å². The summed E-state index contributed by atoms with van der Waals surface area (Å²) in [6, 6.07) is 0.369. The Hall–Kier alpha value is -0.500. The van der Waals surface area contributed by atoms with Gasteiger partial charge in [0.25, 0.3) is 0 Å². The van der Waals surface area contributed by atoms with Crippen molar-refractivity contribution in [3.63, 3.8) is 0 Å². The number of hydrogen-bond acceptors (Lipinski definition) is 1. The second kappa shape index (κ2) is 3.33. The normalized spacial score (nSPS) is 12.5. The van der Waals surface area contributed by atoms with Crippen LogP contribution in [0.5, 0.6) is 0 Å². The maximum Gasteiger partial charge on any atom is 0.0864 e. The molecule has 0 spiro atoms. The number of nitrogens with zero attached hydrogens (tertiary/aromatic N) is 2. The van der Waals surface area contributed by atoms with Crippen LogP contribution in [-0.4, -0.2) is 9.78 Å². The van der Waals surface area contributed by atoms with Gasteiger partial charge >= 0.3 is 0 Å². The minimum Gasteiger partial charge on any atom is -0.268 e. The van der Waals surface area contributed by atoms with Gasteiger partial charge < -0.3 is 0 Å². The number of rotatable bonds is 1. The largest absolute Gasteiger partial charge is 0.268 e. The number of hydrogen-bond donors (Lipinski definition) is 0. The van der Waals surface area contributed by atoms with Crippen LogP contribution in [0.25, 0.3) is 0 Å². The first kappa shape index (κ1) is 10.6. The van der Waals surface area contributed by atoms with Crippen LogP contribution in [-0.2, 0) is 5.41 Å². The van der Waals surface area contributed by atoms with Crippen LogP contribution in [0.1, 0.15) is 46.4 Å². The van der Waals surface area contributed by atoms with Crippen molar-refractivity contribution in [2.75, 3.05) is 0 Å². The smallest absolute Gasteiger partial charge is 0.0864 e. The molecule has 1 aromatic heterocycles. The van der Waals surface area contributed by atoms with E-state index in [0.717, 1.165) is 10.7 Å². The molecule has 74 valence electrons. The Morgan fingerprint density at radius 2 is 1.92 bits per heavy atom. The average Bonchev–Trinajstić information content (AvgIpc) is 2.29. The van der Waals surface area contributed by atoms with E-state index >= 15 is 0 Å². The molecule has 1 rings (SSSR count). The number of halogens is 1. The molecule has 1 heterocycles. The molecular weight excluding hydrogens is 184 g/mol. The molecule has 0 atom stereocenters. The zero-order valence-electron chi connectivity index (χ0n) is 8.93. The summed E-state index contributed by atoms with van der Waals surface area (Å²) in [5.41, 5.74) is 1.000. The van der Waals surface area contributed by atoms with E-state index in [1.54, 1.807) is 0 Å². The zero-order chi connectivity index (χ0) is 10.2. The van der Waals surface area contributed by atoms with E-state index in [4.69, 9.17) is 11.6 Å². The molecule has 1 aromatic rings. The van der Waals surface area contributed by atoms with Crippen molar-refractivity contribution in [3.05, 3.63) is 16.9 Å². The Morgan fingerprint density at radius 1 is 1.38 bits per heavy atom. The first-order chi connectivity index (χ1) is 5.82. The molecule has 13 heavy (non-hydrogen) atoms. The van der Waals surface area contributed by atoms with Gasteiger partial charge in [0, 0.05) is 17.7 Å². The lowest BCUT2D eigenvalue weighted by Crippen LogP contribution is -2.14. The second-order valence-electron chi connectivity index (χ2n) is 4.65. The summed E-state index contributed by atoms with van der Waals surface area (Å²) in [4.78, 5) is 0. The predicted molar refractivity (Wildman–Crippen MR) is 56.3 cm³/mol. The SMILES string of the molecule is CC(C)n1cc(Cl)c(C(C)(C)C)n1. The maximum absolute atomic E-state index is 6.09. The molecule has 0 aromatic carbocycles. The monoisotopic (exact) mass is 200 g/mol. The van der Waals surface area contributed by atoms with Crippen LogP contribution >= 0.6 is 11.6 Å². The van der Waals surface area contributed by atoms with Crippen molar-refractivity contribution in [2.24, 2.45) is 0 Å². The van der Waals surface area contributed by atoms with Crippen LogP contribution in [0, 0.1) is 0 Å². The van der Waals surface area contributed by atoms with Crippen molar-refractivity contribution in [1.29, 1.82) is 0 Å². The van der Waals surface area contributed by atoms with E-state index in [0.29, 0.717) is 6.04 Å². The number of aromatic nitrogens is 2. The molecule has 0 fully saturated rings. The van der Waals surface area contributed by atoms with Crippen molar-refractivity contribution in [1.82, 2.24) is 9.78 Å². The summed E-state index contributed by atoms with van der Waals surface area (Å²) in [5, 5.41) is 5.23. The van der Waals surface area contributed by atoms with Crippen molar-refractivity contribution in [3.8, 4) is 0 Å². The molecule has 0 aliphatic heterocycles. The van der Waals surface area contributed by atoms with E-state index in [-0.39, 0.29) is 5.41 Å². The van der Waals surface area contributed by atoms with E-state index in [9.17, 15) is 0 Å². The Morgan fingerprint density at radius 3 is 2.15 bits per heavy atom. The van der Waals surface area contributed by atoms with Gasteiger partial charge in [0.1, 0.15) is 0 Å². The van der Waals surface area contributed by atoms with Gasteiger partial charge in [0.2, 0.25) is 0 Å². The molecule has 2 nitrogen and oxygen atoms in total. The molecule has 0 aliphatic rings. The van der Waals surface area contributed by atoms with Crippen molar-refractivity contribution < 1.29 is 0 Å². The molecule has 0 bridgehead atoms. The Balaban J connectivity index is 3.11. The molecule has 0 saturated carbocycles. The molecule has 0 unspecified atom stereocenters. The van der Waals surface area contributed by atoms with E-state index in [2.05, 4.69) is 39.7 Å². The van der Waals surface area contributed by atoms with Crippen LogP contribution in [0.4, 0.5) is 0 Å². The average molecular weight is 201 g/mol. The van der Waals surface area contributed by atoms with Gasteiger partial charge in [-0.1, -0.05) is 32.4 Å². The zero-order valence-corrected chi connectivity index (χ0v) is 9.68. The Kier molecular flexibility index (Phi) is 2.71. The summed E-state index contributed by atoms with van der Waals surface area (Å²) < 4.78 is 1.91. The third kappa shape index (κ3) is 2.25. The highest BCUT2D eigenvalue weighted by Crippen LogP contribution is 2.28. The summed E-state index contributed by atoms with van der Waals surface area (Å²) in [7, 11) is 0. The van der Waals surface area contributed by atoms with E-state index < -0.39 is 0 Å². The molecule has 0 saturated heterocycles. The fraction of sp³-hybridized carbons (Fsp3) is 0.700. The van der Waals surface area contributed by atoms with Crippen LogP contribution in [0.15, 0.2) is 6.20 Å². The first-order valence-electron chi connectivity index (χ1n) is 4.57. The van der Waals surface area contributed by atoms with Gasteiger partial charge in [-0.15, -0.1) is 0 Å². The highest BCUT2D eigenvalue weighted by molar-refractivity contribution is 6.31. The van der Waals surface area contributed by atoms with Gasteiger partial charge in [0.05, 0.1) is 10.7 Å². The maximum atomic E-state index is 6.09. The lowest BCUT2D eigenvalue weighted by molar-refractivity contribution is 0.495. The fourth-order valence-corrected chi connectivity index (χ4v) is 1.56. The Labute approximate surface area is 84.9 Å². The van der Waals surface area contributed by atoms with Crippen molar-refractivity contribution >= 4 is 11.6 Å². The summed E-state index contributed by atoms with van der Waals surface area (Å²) >= 11 is 6.09. The minimum atomic E-state index is 0.0250. The molecule has 0 N–H and O–H groups in total. The predicted octanol–water partition coefficient (Wildman–Crippen LogP) is 3.41. The standard InChI is InChI=1S/C10H17ClN2/c1-7(2)13-6-8(11)9(12-13)10(3,4)5/h6-7H,1-5H3. The highest BCUT2D eigenvalue weighted by Gasteiger charge is 2.21. The molecular formula is C10H17ClN2. The van der Waals surface area contributed by atoms with Gasteiger partial charge in [-0.25, -0.2) is 0 Å². The quantitative estimate of drug-likeness (QED) is 0.680. The highest BCUT2D eigenvalue weighted by atomic mass is 35.5. The third-order valence-electron chi connectivity index (χ3n) is 1.93. The lowest BCUT2D eigenvalue weighted by Gasteiger charge is -2.15. The second-order valence-corrected chi connectivity index (χ2v) is 5.06. The fourth-order valence-electron chi connectivity index (χ4n) is 1.14. The molecule has 0 amide bonds. The van der Waals surface area contributed by atoms with E-state index in [1.807, 2.05) is 10.9 Å². The van der Waals surface area contributed by atoms with Crippen LogP contribution in [0.2, 0.25) is 5.02 Å².